The SMILES string of the molecule is CSC(=Nc1cccc(C(F)(F)F)c1CO)NC#N. The normalized spacial score (nSPS) is 12.1. The van der Waals surface area contributed by atoms with Gasteiger partial charge in [-0.2, -0.15) is 18.4 Å². The van der Waals surface area contributed by atoms with Crippen molar-refractivity contribution >= 4 is 22.6 Å². The number of nitriles is 1. The number of thioether (sulfide) groups is 1. The number of benzene rings is 1. The van der Waals surface area contributed by atoms with Crippen molar-refractivity contribution in [3.63, 3.8) is 0 Å². The fraction of sp³-hybridized carbons (Fsp3) is 0.273. The minimum absolute atomic E-state index is 0.0237. The van der Waals surface area contributed by atoms with Crippen LogP contribution in [0, 0.1) is 11.5 Å². The number of amidine groups is 1. The van der Waals surface area contributed by atoms with Crippen LogP contribution in [0.1, 0.15) is 11.1 Å². The maximum Gasteiger partial charge on any atom is 0.416 e. The molecule has 0 saturated heterocycles. The Balaban J connectivity index is 3.34. The summed E-state index contributed by atoms with van der Waals surface area (Å²) in [6.45, 7) is -0.789. The highest BCUT2D eigenvalue weighted by atomic mass is 32.2. The van der Waals surface area contributed by atoms with Gasteiger partial charge in [0.2, 0.25) is 0 Å². The van der Waals surface area contributed by atoms with Gasteiger partial charge in [-0.3, -0.25) is 5.32 Å². The van der Waals surface area contributed by atoms with Crippen LogP contribution >= 0.6 is 11.8 Å². The van der Waals surface area contributed by atoms with E-state index in [9.17, 15) is 13.2 Å². The number of halogens is 3. The Bertz CT molecular complexity index is 523. The number of aliphatic hydroxyl groups excluding tert-OH is 1. The van der Waals surface area contributed by atoms with Crippen molar-refractivity contribution in [2.45, 2.75) is 12.8 Å². The Labute approximate surface area is 112 Å². The van der Waals surface area contributed by atoms with Crippen molar-refractivity contribution in [2.75, 3.05) is 6.26 Å². The van der Waals surface area contributed by atoms with Crippen LogP contribution in [0.5, 0.6) is 0 Å². The van der Waals surface area contributed by atoms with Gasteiger partial charge in [0.15, 0.2) is 11.4 Å². The van der Waals surface area contributed by atoms with Crippen LogP contribution in [0.25, 0.3) is 0 Å². The minimum Gasteiger partial charge on any atom is -0.392 e. The number of alkyl halides is 3. The van der Waals surface area contributed by atoms with Gasteiger partial charge < -0.3 is 5.11 Å². The fourth-order valence-corrected chi connectivity index (χ4v) is 1.73. The van der Waals surface area contributed by atoms with E-state index < -0.39 is 18.3 Å². The lowest BCUT2D eigenvalue weighted by Crippen LogP contribution is -2.13. The molecule has 0 aliphatic heterocycles. The molecule has 0 radical (unpaired) electrons. The van der Waals surface area contributed by atoms with Gasteiger partial charge in [0, 0.05) is 5.56 Å². The third kappa shape index (κ3) is 3.87. The molecule has 1 aromatic carbocycles. The molecule has 1 rings (SSSR count). The maximum absolute atomic E-state index is 12.8. The van der Waals surface area contributed by atoms with Gasteiger partial charge in [-0.25, -0.2) is 4.99 Å². The van der Waals surface area contributed by atoms with Crippen molar-refractivity contribution in [3.05, 3.63) is 29.3 Å². The molecular formula is C11H10F3N3OS. The summed E-state index contributed by atoms with van der Waals surface area (Å²) in [5.74, 6) is 0. The van der Waals surface area contributed by atoms with Gasteiger partial charge in [-0.1, -0.05) is 17.8 Å². The predicted molar refractivity (Wildman–Crippen MR) is 66.7 cm³/mol. The summed E-state index contributed by atoms with van der Waals surface area (Å²) < 4.78 is 38.3. The topological polar surface area (TPSA) is 68.4 Å². The summed E-state index contributed by atoms with van der Waals surface area (Å²) in [7, 11) is 0. The summed E-state index contributed by atoms with van der Waals surface area (Å²) in [5.41, 5.74) is -1.28. The monoisotopic (exact) mass is 289 g/mol. The van der Waals surface area contributed by atoms with E-state index in [-0.39, 0.29) is 16.4 Å². The molecule has 8 heteroatoms. The second kappa shape index (κ2) is 6.45. The van der Waals surface area contributed by atoms with E-state index >= 15 is 0 Å². The highest BCUT2D eigenvalue weighted by Gasteiger charge is 2.34. The molecule has 4 nitrogen and oxygen atoms in total. The van der Waals surface area contributed by atoms with Crippen molar-refractivity contribution in [1.29, 1.82) is 5.26 Å². The first-order valence-corrected chi connectivity index (χ1v) is 6.24. The van der Waals surface area contributed by atoms with Crippen LogP contribution < -0.4 is 5.32 Å². The maximum atomic E-state index is 12.8. The van der Waals surface area contributed by atoms with Gasteiger partial charge in [-0.05, 0) is 18.4 Å². The Hall–Kier alpha value is -1.72. The van der Waals surface area contributed by atoms with Crippen molar-refractivity contribution in [1.82, 2.24) is 5.32 Å². The number of nitrogens with zero attached hydrogens (tertiary/aromatic N) is 2. The van der Waals surface area contributed by atoms with Crippen LogP contribution in [0.2, 0.25) is 0 Å². The van der Waals surface area contributed by atoms with Crippen LogP contribution in [-0.2, 0) is 12.8 Å². The summed E-state index contributed by atoms with van der Waals surface area (Å²) in [5, 5.41) is 20.0. The molecule has 102 valence electrons. The van der Waals surface area contributed by atoms with Crippen molar-refractivity contribution < 1.29 is 18.3 Å². The fourth-order valence-electron chi connectivity index (χ4n) is 1.39. The molecule has 0 heterocycles. The molecule has 0 unspecified atom stereocenters. The van der Waals surface area contributed by atoms with Gasteiger partial charge in [0.1, 0.15) is 0 Å². The van der Waals surface area contributed by atoms with Crippen LogP contribution in [0.4, 0.5) is 18.9 Å². The zero-order chi connectivity index (χ0) is 14.5. The smallest absolute Gasteiger partial charge is 0.392 e. The Morgan fingerprint density at radius 3 is 2.68 bits per heavy atom. The molecule has 0 bridgehead atoms. The van der Waals surface area contributed by atoms with Crippen LogP contribution in [-0.4, -0.2) is 16.5 Å². The van der Waals surface area contributed by atoms with Crippen molar-refractivity contribution in [2.24, 2.45) is 4.99 Å². The largest absolute Gasteiger partial charge is 0.416 e. The number of hydrogen-bond donors (Lipinski definition) is 2. The first-order valence-electron chi connectivity index (χ1n) is 5.01. The van der Waals surface area contributed by atoms with E-state index in [0.717, 1.165) is 17.8 Å². The van der Waals surface area contributed by atoms with E-state index in [0.29, 0.717) is 0 Å². The lowest BCUT2D eigenvalue weighted by molar-refractivity contribution is -0.138. The Morgan fingerprint density at radius 2 is 2.21 bits per heavy atom. The number of hydrogen-bond acceptors (Lipinski definition) is 4. The summed E-state index contributed by atoms with van der Waals surface area (Å²) in [6, 6.07) is 3.42. The molecule has 0 aliphatic carbocycles. The predicted octanol–water partition coefficient (Wildman–Crippen LogP) is 2.62. The number of aliphatic imine (C=N–C) groups is 1. The zero-order valence-electron chi connectivity index (χ0n) is 9.82. The second-order valence-corrected chi connectivity index (χ2v) is 4.11. The molecule has 0 aromatic heterocycles. The molecule has 0 aliphatic rings. The number of aliphatic hydroxyl groups is 1. The van der Waals surface area contributed by atoms with Gasteiger partial charge in [-0.15, -0.1) is 0 Å². The standard InChI is InChI=1S/C11H10F3N3OS/c1-19-10(16-6-15)17-9-4-2-3-8(7(9)5-18)11(12,13)14/h2-4,18H,5H2,1H3,(H,16,17). The lowest BCUT2D eigenvalue weighted by Gasteiger charge is -2.13. The first kappa shape index (κ1) is 15.3. The van der Waals surface area contributed by atoms with Gasteiger partial charge in [0.05, 0.1) is 17.9 Å². The van der Waals surface area contributed by atoms with Crippen LogP contribution in [0.15, 0.2) is 23.2 Å². The number of nitrogens with one attached hydrogen (secondary N) is 1. The minimum atomic E-state index is -4.56. The third-order valence-electron chi connectivity index (χ3n) is 2.19. The van der Waals surface area contributed by atoms with E-state index in [2.05, 4.69) is 10.3 Å². The first-order chi connectivity index (χ1) is 8.93. The zero-order valence-corrected chi connectivity index (χ0v) is 10.6. The summed E-state index contributed by atoms with van der Waals surface area (Å²) in [4.78, 5) is 3.90. The molecule has 0 amide bonds. The molecule has 19 heavy (non-hydrogen) atoms. The van der Waals surface area contributed by atoms with E-state index in [1.54, 1.807) is 12.4 Å². The molecular weight excluding hydrogens is 279 g/mol. The molecule has 0 fully saturated rings. The quantitative estimate of drug-likeness (QED) is 0.380. The Kier molecular flexibility index (Phi) is 5.20. The molecule has 2 N–H and O–H groups in total. The molecule has 0 atom stereocenters. The van der Waals surface area contributed by atoms with E-state index in [1.165, 1.54) is 12.1 Å². The number of rotatable bonds is 2. The van der Waals surface area contributed by atoms with E-state index in [4.69, 9.17) is 10.4 Å². The lowest BCUT2D eigenvalue weighted by atomic mass is 10.1. The second-order valence-electron chi connectivity index (χ2n) is 3.32. The third-order valence-corrected chi connectivity index (χ3v) is 2.77. The van der Waals surface area contributed by atoms with E-state index in [1.807, 2.05) is 0 Å². The summed E-state index contributed by atoms with van der Waals surface area (Å²) >= 11 is 1.08. The van der Waals surface area contributed by atoms with Crippen molar-refractivity contribution in [3.8, 4) is 6.19 Å². The molecule has 1 aromatic rings. The average molecular weight is 289 g/mol. The van der Waals surface area contributed by atoms with Gasteiger partial charge in [0.25, 0.3) is 0 Å². The highest BCUT2D eigenvalue weighted by molar-refractivity contribution is 8.13. The molecule has 0 spiro atoms. The highest BCUT2D eigenvalue weighted by Crippen LogP contribution is 2.36. The Morgan fingerprint density at radius 1 is 1.53 bits per heavy atom. The molecule has 0 saturated carbocycles. The van der Waals surface area contributed by atoms with Crippen LogP contribution in [0.3, 0.4) is 0 Å². The summed E-state index contributed by atoms with van der Waals surface area (Å²) in [6.07, 6.45) is -1.31. The average Bonchev–Trinajstić information content (AvgIpc) is 2.36. The van der Waals surface area contributed by atoms with Gasteiger partial charge >= 0.3 is 6.18 Å².